The highest BCUT2D eigenvalue weighted by atomic mass is 16.3. The van der Waals surface area contributed by atoms with E-state index in [2.05, 4.69) is 5.32 Å². The number of nitrogens with one attached hydrogen (secondary N) is 1. The molecule has 3 nitrogen and oxygen atoms in total. The summed E-state index contributed by atoms with van der Waals surface area (Å²) in [5.41, 5.74) is 0.788. The van der Waals surface area contributed by atoms with Gasteiger partial charge in [0, 0.05) is 11.1 Å². The lowest BCUT2D eigenvalue weighted by atomic mass is 9.53. The van der Waals surface area contributed by atoms with Crippen molar-refractivity contribution in [1.29, 1.82) is 0 Å². The molecule has 0 radical (unpaired) electrons. The fourth-order valence-electron chi connectivity index (χ4n) is 5.44. The van der Waals surface area contributed by atoms with E-state index in [4.69, 9.17) is 0 Å². The number of para-hydroxylation sites is 1. The first-order valence-corrected chi connectivity index (χ1v) is 8.20. The Labute approximate surface area is 125 Å². The molecule has 4 aliphatic carbocycles. The molecule has 0 spiro atoms. The summed E-state index contributed by atoms with van der Waals surface area (Å²) < 4.78 is 0. The van der Waals surface area contributed by atoms with Crippen LogP contribution in [0.5, 0.6) is 5.75 Å². The molecule has 3 heteroatoms. The van der Waals surface area contributed by atoms with Gasteiger partial charge in [0.1, 0.15) is 5.75 Å². The number of phenolic OH excluding ortho intramolecular Hbond substituents is 1. The fraction of sp³-hybridized carbons (Fsp3) is 0.611. The van der Waals surface area contributed by atoms with E-state index in [1.165, 1.54) is 38.5 Å². The van der Waals surface area contributed by atoms with Gasteiger partial charge in [0.05, 0.1) is 6.42 Å². The van der Waals surface area contributed by atoms with Crippen LogP contribution < -0.4 is 5.32 Å². The first-order valence-electron chi connectivity index (χ1n) is 8.20. The quantitative estimate of drug-likeness (QED) is 0.897. The van der Waals surface area contributed by atoms with Gasteiger partial charge >= 0.3 is 0 Å². The molecule has 0 atom stereocenters. The minimum absolute atomic E-state index is 0.0657. The Morgan fingerprint density at radius 1 is 1.10 bits per heavy atom. The molecule has 1 aromatic carbocycles. The standard InChI is InChI=1S/C18H23NO2/c20-16-4-2-1-3-15(16)8-17(21)19-18-9-12-5-13(10-18)7-14(6-12)11-18/h1-4,12-14,20H,5-11H2,(H,19,21). The van der Waals surface area contributed by atoms with Crippen molar-refractivity contribution in [3.05, 3.63) is 29.8 Å². The van der Waals surface area contributed by atoms with E-state index in [1.54, 1.807) is 12.1 Å². The number of hydrogen-bond donors (Lipinski definition) is 2. The van der Waals surface area contributed by atoms with Crippen molar-refractivity contribution in [2.75, 3.05) is 0 Å². The maximum atomic E-state index is 12.4. The Balaban J connectivity index is 1.46. The van der Waals surface area contributed by atoms with E-state index in [9.17, 15) is 9.90 Å². The van der Waals surface area contributed by atoms with Crippen molar-refractivity contribution in [2.24, 2.45) is 17.8 Å². The van der Waals surface area contributed by atoms with Crippen LogP contribution >= 0.6 is 0 Å². The molecule has 4 saturated carbocycles. The lowest BCUT2D eigenvalue weighted by molar-refractivity contribution is -0.126. The number of carbonyl (C=O) groups is 1. The predicted octanol–water partition coefficient (Wildman–Crippen LogP) is 3.02. The largest absolute Gasteiger partial charge is 0.508 e. The van der Waals surface area contributed by atoms with Gasteiger partial charge in [-0.2, -0.15) is 0 Å². The normalized spacial score (nSPS) is 36.7. The van der Waals surface area contributed by atoms with E-state index >= 15 is 0 Å². The monoisotopic (exact) mass is 285 g/mol. The van der Waals surface area contributed by atoms with Crippen LogP contribution in [0.2, 0.25) is 0 Å². The molecule has 5 rings (SSSR count). The third-order valence-corrected chi connectivity index (χ3v) is 5.79. The van der Waals surface area contributed by atoms with E-state index < -0.39 is 0 Å². The highest BCUT2D eigenvalue weighted by molar-refractivity contribution is 5.80. The summed E-state index contributed by atoms with van der Waals surface area (Å²) >= 11 is 0. The Hall–Kier alpha value is -1.51. The molecular weight excluding hydrogens is 262 g/mol. The first-order chi connectivity index (χ1) is 10.1. The third-order valence-electron chi connectivity index (χ3n) is 5.79. The van der Waals surface area contributed by atoms with Gasteiger partial charge in [-0.15, -0.1) is 0 Å². The molecule has 21 heavy (non-hydrogen) atoms. The van der Waals surface area contributed by atoms with Crippen molar-refractivity contribution >= 4 is 5.91 Å². The lowest BCUT2D eigenvalue weighted by Crippen LogP contribution is -2.60. The molecule has 0 unspecified atom stereocenters. The molecule has 2 N–H and O–H groups in total. The number of aromatic hydroxyl groups is 1. The molecule has 0 aromatic heterocycles. The summed E-state index contributed by atoms with van der Waals surface area (Å²) in [5.74, 6) is 2.79. The van der Waals surface area contributed by atoms with E-state index in [1.807, 2.05) is 12.1 Å². The Morgan fingerprint density at radius 3 is 2.24 bits per heavy atom. The topological polar surface area (TPSA) is 49.3 Å². The highest BCUT2D eigenvalue weighted by Crippen LogP contribution is 2.55. The fourth-order valence-corrected chi connectivity index (χ4v) is 5.44. The minimum atomic E-state index is 0.0657. The number of rotatable bonds is 3. The van der Waals surface area contributed by atoms with Gasteiger partial charge in [0.15, 0.2) is 0 Å². The van der Waals surface area contributed by atoms with Gasteiger partial charge < -0.3 is 10.4 Å². The van der Waals surface area contributed by atoms with Crippen molar-refractivity contribution < 1.29 is 9.90 Å². The maximum absolute atomic E-state index is 12.4. The zero-order valence-electron chi connectivity index (χ0n) is 12.3. The van der Waals surface area contributed by atoms with Gasteiger partial charge in [-0.1, -0.05) is 18.2 Å². The van der Waals surface area contributed by atoms with Crippen molar-refractivity contribution in [2.45, 2.75) is 50.5 Å². The van der Waals surface area contributed by atoms with Crippen molar-refractivity contribution in [3.8, 4) is 5.75 Å². The summed E-state index contributed by atoms with van der Waals surface area (Å²) in [5, 5.41) is 13.2. The number of amides is 1. The molecule has 0 heterocycles. The molecule has 4 fully saturated rings. The molecule has 0 aliphatic heterocycles. The van der Waals surface area contributed by atoms with Gasteiger partial charge in [-0.3, -0.25) is 4.79 Å². The summed E-state index contributed by atoms with van der Waals surface area (Å²) in [7, 11) is 0. The second-order valence-electron chi connectivity index (χ2n) is 7.55. The van der Waals surface area contributed by atoms with Gasteiger partial charge in [0.25, 0.3) is 0 Å². The molecule has 112 valence electrons. The van der Waals surface area contributed by atoms with Gasteiger partial charge in [0.2, 0.25) is 5.91 Å². The van der Waals surface area contributed by atoms with Gasteiger partial charge in [-0.05, 0) is 62.3 Å². The number of carbonyl (C=O) groups excluding carboxylic acids is 1. The Morgan fingerprint density at radius 2 is 1.67 bits per heavy atom. The molecule has 0 saturated heterocycles. The number of benzene rings is 1. The average Bonchev–Trinajstić information content (AvgIpc) is 2.39. The van der Waals surface area contributed by atoms with Crippen LogP contribution in [0, 0.1) is 17.8 Å². The summed E-state index contributed by atoms with van der Waals surface area (Å²) in [6.07, 6.45) is 7.95. The summed E-state index contributed by atoms with van der Waals surface area (Å²) in [4.78, 5) is 12.4. The first kappa shape index (κ1) is 13.2. The van der Waals surface area contributed by atoms with Crippen LogP contribution in [0.4, 0.5) is 0 Å². The van der Waals surface area contributed by atoms with Crippen LogP contribution in [0.3, 0.4) is 0 Å². The van der Waals surface area contributed by atoms with Crippen LogP contribution in [-0.4, -0.2) is 16.6 Å². The SMILES string of the molecule is O=C(Cc1ccccc1O)NC12CC3CC(CC(C3)C1)C2. The molecule has 4 bridgehead atoms. The van der Waals surface area contributed by atoms with E-state index in [-0.39, 0.29) is 23.6 Å². The maximum Gasteiger partial charge on any atom is 0.224 e. The van der Waals surface area contributed by atoms with Crippen LogP contribution in [0.15, 0.2) is 24.3 Å². The number of phenols is 1. The molecule has 1 aromatic rings. The Kier molecular flexibility index (Phi) is 2.98. The lowest BCUT2D eigenvalue weighted by Gasteiger charge is -2.56. The van der Waals surface area contributed by atoms with Gasteiger partial charge in [-0.25, -0.2) is 0 Å². The van der Waals surface area contributed by atoms with E-state index in [0.29, 0.717) is 0 Å². The summed E-state index contributed by atoms with van der Waals surface area (Å²) in [6, 6.07) is 7.13. The van der Waals surface area contributed by atoms with Crippen molar-refractivity contribution in [1.82, 2.24) is 5.32 Å². The number of hydrogen-bond acceptors (Lipinski definition) is 2. The zero-order valence-corrected chi connectivity index (χ0v) is 12.3. The predicted molar refractivity (Wildman–Crippen MR) is 80.9 cm³/mol. The van der Waals surface area contributed by atoms with E-state index in [0.717, 1.165) is 23.3 Å². The zero-order chi connectivity index (χ0) is 14.4. The van der Waals surface area contributed by atoms with Crippen LogP contribution in [0.1, 0.15) is 44.1 Å². The minimum Gasteiger partial charge on any atom is -0.508 e. The second kappa shape index (κ2) is 4.75. The molecule has 1 amide bonds. The molecular formula is C18H23NO2. The smallest absolute Gasteiger partial charge is 0.224 e. The third kappa shape index (κ3) is 2.43. The van der Waals surface area contributed by atoms with Crippen LogP contribution in [0.25, 0.3) is 0 Å². The average molecular weight is 285 g/mol. The van der Waals surface area contributed by atoms with Crippen molar-refractivity contribution in [3.63, 3.8) is 0 Å². The van der Waals surface area contributed by atoms with Crippen LogP contribution in [-0.2, 0) is 11.2 Å². The Bertz CT molecular complexity index is 531. The molecule has 4 aliphatic rings. The second-order valence-corrected chi connectivity index (χ2v) is 7.55. The highest BCUT2D eigenvalue weighted by Gasteiger charge is 2.51. The summed E-state index contributed by atoms with van der Waals surface area (Å²) in [6.45, 7) is 0.